The van der Waals surface area contributed by atoms with E-state index in [9.17, 15) is 0 Å². The maximum absolute atomic E-state index is 5.75. The second-order valence-electron chi connectivity index (χ2n) is 3.80. The lowest BCUT2D eigenvalue weighted by Gasteiger charge is -2.08. The summed E-state index contributed by atoms with van der Waals surface area (Å²) in [6.45, 7) is 0.570. The lowest BCUT2D eigenvalue weighted by Crippen LogP contribution is -1.91. The van der Waals surface area contributed by atoms with Crippen molar-refractivity contribution in [2.45, 2.75) is 12.5 Å². The molecular weight excluding hydrogens is 250 g/mol. The summed E-state index contributed by atoms with van der Waals surface area (Å²) < 4.78 is 10.8. The van der Waals surface area contributed by atoms with Gasteiger partial charge in [0.05, 0.1) is 18.2 Å². The standard InChI is InChI=1S/C14H14ClNO2/c1-17-10-11-3-2-4-13(7-11)18-14-5-6-16-12(8-14)9-15/h2-8H,9-10H2,1H3. The highest BCUT2D eigenvalue weighted by Crippen LogP contribution is 2.23. The molecule has 0 aliphatic rings. The highest BCUT2D eigenvalue weighted by Gasteiger charge is 2.01. The van der Waals surface area contributed by atoms with Gasteiger partial charge >= 0.3 is 0 Å². The largest absolute Gasteiger partial charge is 0.457 e. The number of rotatable bonds is 5. The van der Waals surface area contributed by atoms with Gasteiger partial charge in [0.2, 0.25) is 0 Å². The van der Waals surface area contributed by atoms with Crippen molar-refractivity contribution in [2.75, 3.05) is 7.11 Å². The Bertz CT molecular complexity index is 517. The number of hydrogen-bond acceptors (Lipinski definition) is 3. The number of pyridine rings is 1. The molecule has 0 radical (unpaired) electrons. The summed E-state index contributed by atoms with van der Waals surface area (Å²) in [5, 5.41) is 0. The smallest absolute Gasteiger partial charge is 0.130 e. The summed E-state index contributed by atoms with van der Waals surface area (Å²) >= 11 is 5.73. The van der Waals surface area contributed by atoms with Crippen LogP contribution in [0.5, 0.6) is 11.5 Å². The molecule has 0 atom stereocenters. The van der Waals surface area contributed by atoms with Gasteiger partial charge in [0.25, 0.3) is 0 Å². The lowest BCUT2D eigenvalue weighted by atomic mass is 10.2. The first-order chi connectivity index (χ1) is 8.81. The van der Waals surface area contributed by atoms with Crippen molar-refractivity contribution >= 4 is 11.6 Å². The molecule has 1 heterocycles. The van der Waals surface area contributed by atoms with Gasteiger partial charge in [0.15, 0.2) is 0 Å². The number of nitrogens with zero attached hydrogens (tertiary/aromatic N) is 1. The minimum atomic E-state index is 0.376. The number of benzene rings is 1. The van der Waals surface area contributed by atoms with Gasteiger partial charge in [0.1, 0.15) is 11.5 Å². The molecule has 0 saturated carbocycles. The quantitative estimate of drug-likeness (QED) is 0.770. The Labute approximate surface area is 111 Å². The van der Waals surface area contributed by atoms with Crippen LogP contribution in [0, 0.1) is 0 Å². The molecule has 0 amide bonds. The minimum Gasteiger partial charge on any atom is -0.457 e. The van der Waals surface area contributed by atoms with Crippen LogP contribution >= 0.6 is 11.6 Å². The van der Waals surface area contributed by atoms with E-state index in [1.54, 1.807) is 19.4 Å². The Hall–Kier alpha value is -1.58. The van der Waals surface area contributed by atoms with E-state index >= 15 is 0 Å². The monoisotopic (exact) mass is 263 g/mol. The third-order valence-corrected chi connectivity index (χ3v) is 2.64. The van der Waals surface area contributed by atoms with E-state index < -0.39 is 0 Å². The Kier molecular flexibility index (Phi) is 4.56. The van der Waals surface area contributed by atoms with Crippen LogP contribution in [0.3, 0.4) is 0 Å². The summed E-state index contributed by atoms with van der Waals surface area (Å²) in [4.78, 5) is 4.11. The molecule has 0 fully saturated rings. The first-order valence-corrected chi connectivity index (χ1v) is 6.12. The number of ether oxygens (including phenoxy) is 2. The summed E-state index contributed by atoms with van der Waals surface area (Å²) in [7, 11) is 1.67. The first-order valence-electron chi connectivity index (χ1n) is 5.58. The molecular formula is C14H14ClNO2. The van der Waals surface area contributed by atoms with Gasteiger partial charge in [0, 0.05) is 19.4 Å². The summed E-state index contributed by atoms with van der Waals surface area (Å²) in [6.07, 6.45) is 1.69. The van der Waals surface area contributed by atoms with E-state index in [1.807, 2.05) is 30.3 Å². The van der Waals surface area contributed by atoms with Crippen molar-refractivity contribution in [3.05, 3.63) is 53.9 Å². The van der Waals surface area contributed by atoms with Crippen molar-refractivity contribution in [1.29, 1.82) is 0 Å². The molecule has 3 nitrogen and oxygen atoms in total. The molecule has 94 valence electrons. The highest BCUT2D eigenvalue weighted by molar-refractivity contribution is 6.16. The molecule has 0 spiro atoms. The Balaban J connectivity index is 2.14. The molecule has 0 aliphatic heterocycles. The topological polar surface area (TPSA) is 31.4 Å². The van der Waals surface area contributed by atoms with Crippen molar-refractivity contribution in [2.24, 2.45) is 0 Å². The lowest BCUT2D eigenvalue weighted by molar-refractivity contribution is 0.184. The van der Waals surface area contributed by atoms with E-state index in [4.69, 9.17) is 21.1 Å². The Morgan fingerprint density at radius 3 is 2.78 bits per heavy atom. The number of methoxy groups -OCH3 is 1. The van der Waals surface area contributed by atoms with Crippen LogP contribution in [0.4, 0.5) is 0 Å². The van der Waals surface area contributed by atoms with E-state index in [-0.39, 0.29) is 0 Å². The van der Waals surface area contributed by atoms with Gasteiger partial charge in [-0.25, -0.2) is 0 Å². The Morgan fingerprint density at radius 2 is 2.00 bits per heavy atom. The Morgan fingerprint density at radius 1 is 1.17 bits per heavy atom. The molecule has 0 aliphatic carbocycles. The molecule has 0 N–H and O–H groups in total. The van der Waals surface area contributed by atoms with E-state index in [0.29, 0.717) is 12.5 Å². The van der Waals surface area contributed by atoms with Gasteiger partial charge < -0.3 is 9.47 Å². The number of halogens is 1. The fourth-order valence-corrected chi connectivity index (χ4v) is 1.74. The van der Waals surface area contributed by atoms with Gasteiger partial charge in [-0.15, -0.1) is 11.6 Å². The predicted octanol–water partition coefficient (Wildman–Crippen LogP) is 3.76. The van der Waals surface area contributed by atoms with Gasteiger partial charge in [-0.1, -0.05) is 12.1 Å². The molecule has 0 bridgehead atoms. The third-order valence-electron chi connectivity index (χ3n) is 2.37. The van der Waals surface area contributed by atoms with Gasteiger partial charge in [-0.3, -0.25) is 4.98 Å². The van der Waals surface area contributed by atoms with Crippen molar-refractivity contribution in [3.63, 3.8) is 0 Å². The normalized spacial score (nSPS) is 10.3. The second-order valence-corrected chi connectivity index (χ2v) is 4.07. The van der Waals surface area contributed by atoms with Crippen LogP contribution < -0.4 is 4.74 Å². The van der Waals surface area contributed by atoms with Crippen LogP contribution in [-0.4, -0.2) is 12.1 Å². The van der Waals surface area contributed by atoms with Crippen LogP contribution in [0.25, 0.3) is 0 Å². The molecule has 1 aromatic heterocycles. The van der Waals surface area contributed by atoms with Crippen LogP contribution in [0.2, 0.25) is 0 Å². The zero-order valence-corrected chi connectivity index (χ0v) is 10.9. The van der Waals surface area contributed by atoms with E-state index in [2.05, 4.69) is 4.98 Å². The SMILES string of the molecule is COCc1cccc(Oc2ccnc(CCl)c2)c1. The van der Waals surface area contributed by atoms with Crippen LogP contribution in [0.1, 0.15) is 11.3 Å². The highest BCUT2D eigenvalue weighted by atomic mass is 35.5. The molecule has 18 heavy (non-hydrogen) atoms. The van der Waals surface area contributed by atoms with Gasteiger partial charge in [-0.2, -0.15) is 0 Å². The maximum atomic E-state index is 5.75. The molecule has 1 aromatic carbocycles. The number of hydrogen-bond donors (Lipinski definition) is 0. The summed E-state index contributed by atoms with van der Waals surface area (Å²) in [5.41, 5.74) is 1.86. The molecule has 0 unspecified atom stereocenters. The molecule has 4 heteroatoms. The summed E-state index contributed by atoms with van der Waals surface area (Å²) in [5.74, 6) is 1.88. The minimum absolute atomic E-state index is 0.376. The zero-order valence-electron chi connectivity index (χ0n) is 10.1. The zero-order chi connectivity index (χ0) is 12.8. The van der Waals surface area contributed by atoms with Crippen molar-refractivity contribution < 1.29 is 9.47 Å². The summed E-state index contributed by atoms with van der Waals surface area (Å²) in [6, 6.07) is 11.4. The van der Waals surface area contributed by atoms with Crippen LogP contribution in [0.15, 0.2) is 42.6 Å². The number of aromatic nitrogens is 1. The molecule has 0 saturated heterocycles. The van der Waals surface area contributed by atoms with Crippen molar-refractivity contribution in [3.8, 4) is 11.5 Å². The number of alkyl halides is 1. The fourth-order valence-electron chi connectivity index (χ4n) is 1.59. The third kappa shape index (κ3) is 3.45. The first kappa shape index (κ1) is 12.9. The molecule has 2 rings (SSSR count). The fraction of sp³-hybridized carbons (Fsp3) is 0.214. The van der Waals surface area contributed by atoms with Crippen molar-refractivity contribution in [1.82, 2.24) is 4.98 Å². The average molecular weight is 264 g/mol. The van der Waals surface area contributed by atoms with E-state index in [0.717, 1.165) is 22.8 Å². The van der Waals surface area contributed by atoms with E-state index in [1.165, 1.54) is 0 Å². The average Bonchev–Trinajstić information content (AvgIpc) is 2.40. The molecule has 2 aromatic rings. The predicted molar refractivity (Wildman–Crippen MR) is 71.0 cm³/mol. The van der Waals surface area contributed by atoms with Gasteiger partial charge in [-0.05, 0) is 23.8 Å². The maximum Gasteiger partial charge on any atom is 0.130 e. The van der Waals surface area contributed by atoms with Crippen LogP contribution in [-0.2, 0) is 17.2 Å². The second kappa shape index (κ2) is 6.38.